The van der Waals surface area contributed by atoms with Crippen molar-refractivity contribution in [3.05, 3.63) is 81.2 Å². The van der Waals surface area contributed by atoms with Crippen LogP contribution in [0.1, 0.15) is 15.9 Å². The molecule has 3 aromatic rings. The highest BCUT2D eigenvalue weighted by Gasteiger charge is 2.17. The number of fused-ring (bicyclic) bond motifs is 1. The van der Waals surface area contributed by atoms with Crippen molar-refractivity contribution >= 4 is 39.8 Å². The van der Waals surface area contributed by atoms with E-state index in [2.05, 4.69) is 20.7 Å². The maximum Gasteiger partial charge on any atom is 0.258 e. The average Bonchev–Trinajstić information content (AvgIpc) is 2.80. The molecule has 1 aliphatic heterocycles. The Kier molecular flexibility index (Phi) is 6.11. The molecule has 0 saturated carbocycles. The number of hydrogen-bond donors (Lipinski definition) is 4. The van der Waals surface area contributed by atoms with E-state index < -0.39 is 0 Å². The predicted molar refractivity (Wildman–Crippen MR) is 122 cm³/mol. The highest BCUT2D eigenvalue weighted by atomic mass is 35.5. The van der Waals surface area contributed by atoms with Gasteiger partial charge in [-0.25, -0.2) is 5.53 Å². The Bertz CT molecular complexity index is 1210. The molecule has 1 saturated heterocycles. The van der Waals surface area contributed by atoms with Gasteiger partial charge in [-0.2, -0.15) is 5.11 Å². The predicted octanol–water partition coefficient (Wildman–Crippen LogP) is 3.67. The summed E-state index contributed by atoms with van der Waals surface area (Å²) in [5.74, 6) is 0.00629. The Morgan fingerprint density at radius 2 is 1.87 bits per heavy atom. The molecule has 4 rings (SSSR count). The molecule has 0 aliphatic carbocycles. The van der Waals surface area contributed by atoms with Crippen molar-refractivity contribution in [2.24, 2.45) is 5.11 Å². The van der Waals surface area contributed by atoms with Gasteiger partial charge in [0, 0.05) is 59.6 Å². The number of piperazine rings is 1. The molecule has 2 aromatic carbocycles. The third kappa shape index (κ3) is 4.65. The second-order valence-electron chi connectivity index (χ2n) is 7.15. The topological polar surface area (TPSA) is 113 Å². The quantitative estimate of drug-likeness (QED) is 0.457. The number of aromatic amines is 1. The van der Waals surface area contributed by atoms with Gasteiger partial charge in [-0.3, -0.25) is 9.59 Å². The first-order valence-electron chi connectivity index (χ1n) is 9.82. The third-order valence-electron chi connectivity index (χ3n) is 5.11. The first-order valence-corrected chi connectivity index (χ1v) is 10.2. The molecule has 0 unspecified atom stereocenters. The number of aromatic nitrogens is 1. The number of hydrogen-bond acceptors (Lipinski definition) is 6. The third-order valence-corrected chi connectivity index (χ3v) is 5.35. The number of benzene rings is 2. The second-order valence-corrected chi connectivity index (χ2v) is 7.59. The van der Waals surface area contributed by atoms with Crippen molar-refractivity contribution in [3.8, 4) is 0 Å². The van der Waals surface area contributed by atoms with Crippen LogP contribution in [-0.2, 0) is 0 Å². The molecule has 158 valence electrons. The molecular formula is C22H21ClN6O2. The number of rotatable bonds is 5. The number of nitrogens with zero attached hydrogens (tertiary/aromatic N) is 2. The zero-order valence-corrected chi connectivity index (χ0v) is 17.4. The van der Waals surface area contributed by atoms with E-state index in [1.54, 1.807) is 48.5 Å². The van der Waals surface area contributed by atoms with Gasteiger partial charge in [0.2, 0.25) is 0 Å². The fourth-order valence-electron chi connectivity index (χ4n) is 3.45. The number of anilines is 1. The largest absolute Gasteiger partial charge is 0.360 e. The summed E-state index contributed by atoms with van der Waals surface area (Å²) in [6, 6.07) is 13.9. The fourth-order valence-corrected chi connectivity index (χ4v) is 3.63. The van der Waals surface area contributed by atoms with Crippen molar-refractivity contribution in [1.29, 1.82) is 5.53 Å². The first kappa shape index (κ1) is 20.8. The van der Waals surface area contributed by atoms with Crippen LogP contribution in [0.4, 0.5) is 5.69 Å². The van der Waals surface area contributed by atoms with Gasteiger partial charge in [0.1, 0.15) is 5.70 Å². The fraction of sp³-hybridized carbons (Fsp3) is 0.182. The van der Waals surface area contributed by atoms with Crippen LogP contribution in [0.5, 0.6) is 0 Å². The average molecular weight is 437 g/mol. The maximum atomic E-state index is 12.6. The van der Waals surface area contributed by atoms with Crippen molar-refractivity contribution < 1.29 is 4.79 Å². The van der Waals surface area contributed by atoms with Crippen LogP contribution in [0.25, 0.3) is 16.6 Å². The van der Waals surface area contributed by atoms with Crippen molar-refractivity contribution in [3.63, 3.8) is 0 Å². The minimum absolute atomic E-state index is 0.00629. The zero-order valence-electron chi connectivity index (χ0n) is 16.6. The lowest BCUT2D eigenvalue weighted by Crippen LogP contribution is -2.46. The Balaban J connectivity index is 1.53. The van der Waals surface area contributed by atoms with E-state index in [-0.39, 0.29) is 22.7 Å². The molecule has 0 atom stereocenters. The SMILES string of the molecule is N=N/C(=C\Nc1ccc(C(=O)N2CCNCC2)cc1)c1cc2cc(Cl)ccc2[nH]c1=O. The Hall–Kier alpha value is -3.49. The number of pyridine rings is 1. The van der Waals surface area contributed by atoms with Gasteiger partial charge in [0.05, 0.1) is 5.56 Å². The number of nitrogens with one attached hydrogen (secondary N) is 4. The number of carbonyl (C=O) groups is 1. The molecule has 2 heterocycles. The van der Waals surface area contributed by atoms with E-state index in [1.165, 1.54) is 6.20 Å². The van der Waals surface area contributed by atoms with E-state index >= 15 is 0 Å². The first-order chi connectivity index (χ1) is 15.0. The van der Waals surface area contributed by atoms with Crippen molar-refractivity contribution in [1.82, 2.24) is 15.2 Å². The van der Waals surface area contributed by atoms with Gasteiger partial charge in [-0.1, -0.05) is 11.6 Å². The number of amides is 1. The standard InChI is InChI=1S/C22H21ClN6O2/c23-16-3-6-19-15(11-16)12-18(21(30)27-19)20(28-24)13-26-17-4-1-14(2-5-17)22(31)29-9-7-25-8-10-29/h1-6,11-13,24-26H,7-10H2,(H,27,30)/b20-13-,28-24?. The van der Waals surface area contributed by atoms with Gasteiger partial charge < -0.3 is 20.5 Å². The van der Waals surface area contributed by atoms with E-state index in [1.807, 2.05) is 4.90 Å². The molecule has 0 spiro atoms. The number of carbonyl (C=O) groups excluding carboxylic acids is 1. The van der Waals surface area contributed by atoms with Crippen LogP contribution in [-0.4, -0.2) is 42.0 Å². The monoisotopic (exact) mass is 436 g/mol. The maximum absolute atomic E-state index is 12.6. The van der Waals surface area contributed by atoms with Crippen molar-refractivity contribution in [2.75, 3.05) is 31.5 Å². The van der Waals surface area contributed by atoms with Crippen LogP contribution in [0.3, 0.4) is 0 Å². The summed E-state index contributed by atoms with van der Waals surface area (Å²) in [5, 5.41) is 11.1. The van der Waals surface area contributed by atoms with Gasteiger partial charge in [-0.15, -0.1) is 0 Å². The van der Waals surface area contributed by atoms with E-state index in [9.17, 15) is 9.59 Å². The minimum atomic E-state index is -0.351. The molecule has 0 radical (unpaired) electrons. The second kappa shape index (κ2) is 9.11. The van der Waals surface area contributed by atoms with Crippen LogP contribution in [0.15, 0.2) is 64.6 Å². The van der Waals surface area contributed by atoms with E-state index in [0.717, 1.165) is 18.5 Å². The Labute approximate surface area is 183 Å². The lowest BCUT2D eigenvalue weighted by Gasteiger charge is -2.27. The summed E-state index contributed by atoms with van der Waals surface area (Å²) in [6.07, 6.45) is 1.49. The highest BCUT2D eigenvalue weighted by molar-refractivity contribution is 6.31. The lowest BCUT2D eigenvalue weighted by molar-refractivity contribution is 0.0736. The van der Waals surface area contributed by atoms with Crippen LogP contribution in [0, 0.1) is 5.53 Å². The van der Waals surface area contributed by atoms with Gasteiger partial charge >= 0.3 is 0 Å². The summed E-state index contributed by atoms with van der Waals surface area (Å²) < 4.78 is 0. The van der Waals surface area contributed by atoms with Crippen molar-refractivity contribution in [2.45, 2.75) is 0 Å². The lowest BCUT2D eigenvalue weighted by atomic mass is 10.1. The summed E-state index contributed by atoms with van der Waals surface area (Å²) >= 11 is 6.04. The van der Waals surface area contributed by atoms with Crippen LogP contribution < -0.4 is 16.2 Å². The van der Waals surface area contributed by atoms with Crippen LogP contribution in [0.2, 0.25) is 5.02 Å². The normalized spacial score (nSPS) is 14.5. The summed E-state index contributed by atoms with van der Waals surface area (Å²) in [6.45, 7) is 2.99. The Morgan fingerprint density at radius 1 is 1.13 bits per heavy atom. The van der Waals surface area contributed by atoms with Gasteiger partial charge in [-0.05, 0) is 48.5 Å². The number of halogens is 1. The molecule has 4 N–H and O–H groups in total. The molecule has 1 amide bonds. The van der Waals surface area contributed by atoms with Crippen LogP contribution >= 0.6 is 11.6 Å². The number of H-pyrrole nitrogens is 1. The molecular weight excluding hydrogens is 416 g/mol. The summed E-state index contributed by atoms with van der Waals surface area (Å²) in [4.78, 5) is 29.6. The molecule has 8 nitrogen and oxygen atoms in total. The molecule has 9 heteroatoms. The van der Waals surface area contributed by atoms with Gasteiger partial charge in [0.25, 0.3) is 11.5 Å². The van der Waals surface area contributed by atoms with Gasteiger partial charge in [0.15, 0.2) is 0 Å². The molecule has 31 heavy (non-hydrogen) atoms. The van der Waals surface area contributed by atoms with E-state index in [4.69, 9.17) is 17.1 Å². The Morgan fingerprint density at radius 3 is 2.58 bits per heavy atom. The molecule has 1 fully saturated rings. The molecule has 0 bridgehead atoms. The van der Waals surface area contributed by atoms with E-state index in [0.29, 0.717) is 34.9 Å². The summed E-state index contributed by atoms with van der Waals surface area (Å²) in [7, 11) is 0. The molecule has 1 aromatic heterocycles. The minimum Gasteiger partial charge on any atom is -0.360 e. The smallest absolute Gasteiger partial charge is 0.258 e. The summed E-state index contributed by atoms with van der Waals surface area (Å²) in [5.41, 5.74) is 9.54. The highest BCUT2D eigenvalue weighted by Crippen LogP contribution is 2.21. The molecule has 1 aliphatic rings. The zero-order chi connectivity index (χ0) is 21.8.